The average molecular weight is 380 g/mol. The van der Waals surface area contributed by atoms with Gasteiger partial charge < -0.3 is 9.64 Å². The van der Waals surface area contributed by atoms with E-state index >= 15 is 0 Å². The summed E-state index contributed by atoms with van der Waals surface area (Å²) in [6, 6.07) is 0.336. The first-order valence-corrected chi connectivity index (χ1v) is 10.0. The molecule has 0 aromatic heterocycles. The van der Waals surface area contributed by atoms with Crippen LogP contribution in [0, 0.1) is 0 Å². The van der Waals surface area contributed by atoms with Gasteiger partial charge in [0.2, 0.25) is 11.8 Å². The van der Waals surface area contributed by atoms with Crippen molar-refractivity contribution in [2.45, 2.75) is 64.1 Å². The van der Waals surface area contributed by atoms with E-state index in [2.05, 4.69) is 15.1 Å². The third kappa shape index (κ3) is 5.19. The third-order valence-corrected chi connectivity index (χ3v) is 5.63. The number of carbonyl (C=O) groups excluding carboxylic acids is 3. The molecule has 0 radical (unpaired) electrons. The van der Waals surface area contributed by atoms with Crippen LogP contribution in [0.25, 0.3) is 0 Å². The Morgan fingerprint density at radius 1 is 0.963 bits per heavy atom. The van der Waals surface area contributed by atoms with E-state index in [1.165, 1.54) is 0 Å². The number of hydrogen-bond acceptors (Lipinski definition) is 6. The minimum atomic E-state index is -0.461. The van der Waals surface area contributed by atoms with Crippen LogP contribution in [0.1, 0.15) is 46.5 Å². The van der Waals surface area contributed by atoms with Crippen LogP contribution in [-0.4, -0.2) is 89.6 Å². The van der Waals surface area contributed by atoms with E-state index in [1.807, 2.05) is 20.8 Å². The number of nitrogens with zero attached hydrogens (tertiary/aromatic N) is 3. The fourth-order valence-corrected chi connectivity index (χ4v) is 4.19. The number of carbonyl (C=O) groups is 3. The van der Waals surface area contributed by atoms with Gasteiger partial charge in [0.25, 0.3) is 0 Å². The molecule has 0 aliphatic carbocycles. The van der Waals surface area contributed by atoms with Gasteiger partial charge in [-0.25, -0.2) is 4.79 Å². The zero-order valence-corrected chi connectivity index (χ0v) is 16.7. The normalized spacial score (nSPS) is 26.8. The van der Waals surface area contributed by atoms with Crippen LogP contribution >= 0.6 is 0 Å². The largest absolute Gasteiger partial charge is 0.444 e. The van der Waals surface area contributed by atoms with Gasteiger partial charge in [-0.3, -0.25) is 24.7 Å². The van der Waals surface area contributed by atoms with Gasteiger partial charge in [0.15, 0.2) is 0 Å². The van der Waals surface area contributed by atoms with Crippen LogP contribution in [0.15, 0.2) is 0 Å². The van der Waals surface area contributed by atoms with Crippen molar-refractivity contribution in [3.05, 3.63) is 0 Å². The van der Waals surface area contributed by atoms with Crippen LogP contribution in [0.4, 0.5) is 4.79 Å². The number of amides is 3. The minimum Gasteiger partial charge on any atom is -0.444 e. The maximum Gasteiger partial charge on any atom is 0.410 e. The smallest absolute Gasteiger partial charge is 0.410 e. The highest BCUT2D eigenvalue weighted by atomic mass is 16.6. The van der Waals surface area contributed by atoms with Crippen molar-refractivity contribution in [3.63, 3.8) is 0 Å². The summed E-state index contributed by atoms with van der Waals surface area (Å²) in [5.41, 5.74) is -0.461. The van der Waals surface area contributed by atoms with E-state index in [0.717, 1.165) is 39.0 Å². The second kappa shape index (κ2) is 8.14. The van der Waals surface area contributed by atoms with Crippen molar-refractivity contribution in [1.82, 2.24) is 20.0 Å². The molecule has 3 heterocycles. The maximum atomic E-state index is 12.2. The van der Waals surface area contributed by atoms with Crippen molar-refractivity contribution < 1.29 is 19.1 Å². The highest BCUT2D eigenvalue weighted by Crippen LogP contribution is 2.23. The van der Waals surface area contributed by atoms with Gasteiger partial charge in [-0.15, -0.1) is 0 Å². The number of rotatable bonds is 2. The first-order valence-electron chi connectivity index (χ1n) is 10.0. The fourth-order valence-electron chi connectivity index (χ4n) is 4.19. The molecule has 0 bridgehead atoms. The van der Waals surface area contributed by atoms with E-state index in [4.69, 9.17) is 4.74 Å². The molecule has 3 saturated heterocycles. The summed E-state index contributed by atoms with van der Waals surface area (Å²) in [6.45, 7) is 10.5. The number of hydrogen-bond donors (Lipinski definition) is 1. The van der Waals surface area contributed by atoms with Gasteiger partial charge in [0.05, 0.1) is 6.04 Å². The average Bonchev–Trinajstić information content (AvgIpc) is 2.61. The van der Waals surface area contributed by atoms with Crippen LogP contribution < -0.4 is 5.32 Å². The lowest BCUT2D eigenvalue weighted by molar-refractivity contribution is -0.138. The number of piperidine rings is 2. The Hall–Kier alpha value is -1.67. The highest BCUT2D eigenvalue weighted by Gasteiger charge is 2.36. The standard InChI is InChI=1S/C19H32N4O4/c1-19(2,3)27-18(26)23-12-10-21(11-13-23)14-6-8-22(9-7-14)15-4-5-16(24)20-17(15)25/h14-15H,4-13H2,1-3H3,(H,20,24,25). The van der Waals surface area contributed by atoms with Crippen molar-refractivity contribution in [2.24, 2.45) is 0 Å². The molecule has 3 fully saturated rings. The molecule has 1 N–H and O–H groups in total. The van der Waals surface area contributed by atoms with Gasteiger partial charge in [-0.2, -0.15) is 0 Å². The lowest BCUT2D eigenvalue weighted by Gasteiger charge is -2.44. The predicted octanol–water partition coefficient (Wildman–Crippen LogP) is 0.809. The molecule has 3 aliphatic heterocycles. The Morgan fingerprint density at radius 2 is 1.59 bits per heavy atom. The molecule has 27 heavy (non-hydrogen) atoms. The number of imide groups is 1. The number of ether oxygens (including phenoxy) is 1. The predicted molar refractivity (Wildman–Crippen MR) is 100 cm³/mol. The van der Waals surface area contributed by atoms with Crippen molar-refractivity contribution in [1.29, 1.82) is 0 Å². The zero-order valence-electron chi connectivity index (χ0n) is 16.7. The zero-order chi connectivity index (χ0) is 19.6. The maximum absolute atomic E-state index is 12.2. The lowest BCUT2D eigenvalue weighted by atomic mass is 9.97. The SMILES string of the molecule is CC(C)(C)OC(=O)N1CCN(C2CCN(C3CCC(=O)NC3=O)CC2)CC1. The van der Waals surface area contributed by atoms with Crippen LogP contribution in [-0.2, 0) is 14.3 Å². The molecule has 152 valence electrons. The Labute approximate surface area is 161 Å². The summed E-state index contributed by atoms with van der Waals surface area (Å²) < 4.78 is 5.46. The topological polar surface area (TPSA) is 82.2 Å². The molecule has 3 amide bonds. The van der Waals surface area contributed by atoms with Crippen molar-refractivity contribution >= 4 is 17.9 Å². The molecule has 1 atom stereocenters. The van der Waals surface area contributed by atoms with Gasteiger partial charge in [-0.1, -0.05) is 0 Å². The molecule has 0 aromatic rings. The van der Waals surface area contributed by atoms with E-state index in [1.54, 1.807) is 4.90 Å². The Morgan fingerprint density at radius 3 is 2.15 bits per heavy atom. The molecule has 0 aromatic carbocycles. The molecule has 1 unspecified atom stereocenters. The highest BCUT2D eigenvalue weighted by molar-refractivity contribution is 6.00. The number of likely N-dealkylation sites (tertiary alicyclic amines) is 1. The quantitative estimate of drug-likeness (QED) is 0.714. The molecule has 0 spiro atoms. The Bertz CT molecular complexity index is 573. The molecule has 0 saturated carbocycles. The van der Waals surface area contributed by atoms with Crippen molar-refractivity contribution in [2.75, 3.05) is 39.3 Å². The molecular weight excluding hydrogens is 348 g/mol. The Balaban J connectivity index is 1.43. The van der Waals surface area contributed by atoms with E-state index in [0.29, 0.717) is 32.0 Å². The van der Waals surface area contributed by atoms with E-state index < -0.39 is 5.60 Å². The molecule has 3 rings (SSSR count). The fraction of sp³-hybridized carbons (Fsp3) is 0.842. The lowest BCUT2D eigenvalue weighted by Crippen LogP contribution is -2.58. The van der Waals surface area contributed by atoms with E-state index in [-0.39, 0.29) is 23.9 Å². The molecule has 8 heteroatoms. The summed E-state index contributed by atoms with van der Waals surface area (Å²) in [5.74, 6) is -0.301. The first-order chi connectivity index (χ1) is 12.7. The second-order valence-corrected chi connectivity index (χ2v) is 8.74. The second-order valence-electron chi connectivity index (χ2n) is 8.74. The van der Waals surface area contributed by atoms with Crippen molar-refractivity contribution in [3.8, 4) is 0 Å². The first kappa shape index (κ1) is 20.1. The summed E-state index contributed by atoms with van der Waals surface area (Å²) in [6.07, 6.45) is 2.87. The molecular formula is C19H32N4O4. The van der Waals surface area contributed by atoms with Crippen LogP contribution in [0.5, 0.6) is 0 Å². The van der Waals surface area contributed by atoms with Gasteiger partial charge in [-0.05, 0) is 40.0 Å². The van der Waals surface area contributed by atoms with Gasteiger partial charge in [0.1, 0.15) is 5.60 Å². The summed E-state index contributed by atoms with van der Waals surface area (Å²) in [7, 11) is 0. The van der Waals surface area contributed by atoms with Gasteiger partial charge >= 0.3 is 6.09 Å². The number of piperazine rings is 1. The molecule has 8 nitrogen and oxygen atoms in total. The summed E-state index contributed by atoms with van der Waals surface area (Å²) in [4.78, 5) is 42.0. The van der Waals surface area contributed by atoms with Crippen LogP contribution in [0.3, 0.4) is 0 Å². The summed E-state index contributed by atoms with van der Waals surface area (Å²) >= 11 is 0. The van der Waals surface area contributed by atoms with E-state index in [9.17, 15) is 14.4 Å². The molecule has 3 aliphatic rings. The number of nitrogens with one attached hydrogen (secondary N) is 1. The Kier molecular flexibility index (Phi) is 6.05. The van der Waals surface area contributed by atoms with Gasteiger partial charge in [0, 0.05) is 51.7 Å². The van der Waals surface area contributed by atoms with Crippen LogP contribution in [0.2, 0.25) is 0 Å². The third-order valence-electron chi connectivity index (χ3n) is 5.63. The summed E-state index contributed by atoms with van der Waals surface area (Å²) in [5, 5.41) is 2.45. The monoisotopic (exact) mass is 380 g/mol. The minimum absolute atomic E-state index is 0.143.